The Morgan fingerprint density at radius 1 is 1.11 bits per heavy atom. The fourth-order valence-corrected chi connectivity index (χ4v) is 4.55. The lowest BCUT2D eigenvalue weighted by atomic mass is 9.82. The van der Waals surface area contributed by atoms with E-state index in [9.17, 15) is 0 Å². The first kappa shape index (κ1) is 19.0. The van der Waals surface area contributed by atoms with E-state index < -0.39 is 0 Å². The Labute approximate surface area is 166 Å². The van der Waals surface area contributed by atoms with Crippen LogP contribution in [-0.2, 0) is 16.1 Å². The quantitative estimate of drug-likeness (QED) is 0.670. The van der Waals surface area contributed by atoms with Crippen molar-refractivity contribution in [3.63, 3.8) is 0 Å². The summed E-state index contributed by atoms with van der Waals surface area (Å²) in [6, 6.07) is 16.2. The van der Waals surface area contributed by atoms with E-state index in [-0.39, 0.29) is 23.7 Å². The Bertz CT molecular complexity index is 933. The van der Waals surface area contributed by atoms with E-state index in [1.54, 1.807) is 6.20 Å². The summed E-state index contributed by atoms with van der Waals surface area (Å²) in [6.07, 6.45) is 3.39. The van der Waals surface area contributed by atoms with Gasteiger partial charge in [-0.15, -0.1) is 0 Å². The molecule has 0 amide bonds. The number of nitrogens with two attached hydrogens (primary N) is 1. The molecule has 2 N–H and O–H groups in total. The SMILES string of the molecule is CCC1(CC)O[C@@H](c2ccc3c(N)ccnn23)[C@H](OCc2ccccc2)[C@@H]1C. The summed E-state index contributed by atoms with van der Waals surface area (Å²) in [7, 11) is 0. The van der Waals surface area contributed by atoms with Crippen LogP contribution in [0.15, 0.2) is 54.7 Å². The number of aromatic nitrogens is 2. The van der Waals surface area contributed by atoms with Crippen molar-refractivity contribution in [3.8, 4) is 0 Å². The highest BCUT2D eigenvalue weighted by atomic mass is 16.6. The molecule has 148 valence electrons. The first-order valence-corrected chi connectivity index (χ1v) is 10.1. The lowest BCUT2D eigenvalue weighted by Gasteiger charge is -2.31. The number of hydrogen-bond acceptors (Lipinski definition) is 4. The second-order valence-corrected chi connectivity index (χ2v) is 7.70. The Morgan fingerprint density at radius 2 is 1.86 bits per heavy atom. The van der Waals surface area contributed by atoms with E-state index in [1.807, 2.05) is 34.8 Å². The predicted molar refractivity (Wildman–Crippen MR) is 111 cm³/mol. The smallest absolute Gasteiger partial charge is 0.127 e. The van der Waals surface area contributed by atoms with Crippen LogP contribution in [0.25, 0.3) is 5.52 Å². The minimum absolute atomic E-state index is 0.0542. The third kappa shape index (κ3) is 3.09. The second-order valence-electron chi connectivity index (χ2n) is 7.70. The highest BCUT2D eigenvalue weighted by molar-refractivity contribution is 5.69. The third-order valence-electron chi connectivity index (χ3n) is 6.37. The molecule has 5 heteroatoms. The Balaban J connectivity index is 1.70. The van der Waals surface area contributed by atoms with Crippen LogP contribution >= 0.6 is 0 Å². The molecule has 0 aliphatic carbocycles. The number of anilines is 1. The summed E-state index contributed by atoms with van der Waals surface area (Å²) >= 11 is 0. The zero-order valence-corrected chi connectivity index (χ0v) is 16.8. The molecule has 3 atom stereocenters. The molecule has 1 aromatic carbocycles. The number of ether oxygens (including phenoxy) is 2. The van der Waals surface area contributed by atoms with Gasteiger partial charge in [0.05, 0.1) is 35.2 Å². The van der Waals surface area contributed by atoms with Crippen molar-refractivity contribution in [3.05, 3.63) is 66.0 Å². The molecule has 28 heavy (non-hydrogen) atoms. The van der Waals surface area contributed by atoms with E-state index in [4.69, 9.17) is 15.2 Å². The minimum Gasteiger partial charge on any atom is -0.397 e. The number of nitrogens with zero attached hydrogens (tertiary/aromatic N) is 2. The maximum atomic E-state index is 6.73. The molecule has 5 nitrogen and oxygen atoms in total. The van der Waals surface area contributed by atoms with Crippen molar-refractivity contribution in [2.24, 2.45) is 5.92 Å². The number of hydrogen-bond donors (Lipinski definition) is 1. The average molecular weight is 380 g/mol. The van der Waals surface area contributed by atoms with E-state index in [2.05, 4.69) is 44.1 Å². The van der Waals surface area contributed by atoms with Crippen LogP contribution in [0.1, 0.15) is 51.0 Å². The van der Waals surface area contributed by atoms with E-state index in [1.165, 1.54) is 5.56 Å². The summed E-state index contributed by atoms with van der Waals surface area (Å²) in [5.74, 6) is 0.267. The molecular weight excluding hydrogens is 350 g/mol. The second kappa shape index (κ2) is 7.57. The maximum Gasteiger partial charge on any atom is 0.127 e. The Kier molecular flexibility index (Phi) is 5.13. The lowest BCUT2D eigenvalue weighted by Crippen LogP contribution is -2.35. The predicted octanol–water partition coefficient (Wildman–Crippen LogP) is 4.77. The molecule has 1 saturated heterocycles. The van der Waals surface area contributed by atoms with E-state index in [0.717, 1.165) is 24.1 Å². The van der Waals surface area contributed by atoms with Crippen molar-refractivity contribution < 1.29 is 9.47 Å². The summed E-state index contributed by atoms with van der Waals surface area (Å²) < 4.78 is 15.1. The monoisotopic (exact) mass is 379 g/mol. The van der Waals surface area contributed by atoms with Gasteiger partial charge in [0.25, 0.3) is 0 Å². The van der Waals surface area contributed by atoms with Gasteiger partial charge in [0.1, 0.15) is 6.10 Å². The number of nitrogen functional groups attached to an aromatic ring is 1. The number of rotatable bonds is 6. The lowest BCUT2D eigenvalue weighted by molar-refractivity contribution is -0.0746. The zero-order chi connectivity index (χ0) is 19.7. The van der Waals surface area contributed by atoms with Gasteiger partial charge in [-0.25, -0.2) is 4.52 Å². The van der Waals surface area contributed by atoms with Crippen molar-refractivity contribution in [1.82, 2.24) is 9.61 Å². The van der Waals surface area contributed by atoms with Crippen LogP contribution in [-0.4, -0.2) is 21.3 Å². The van der Waals surface area contributed by atoms with Crippen molar-refractivity contribution >= 4 is 11.2 Å². The largest absolute Gasteiger partial charge is 0.397 e. The van der Waals surface area contributed by atoms with E-state index >= 15 is 0 Å². The summed E-state index contributed by atoms with van der Waals surface area (Å²) in [5, 5.41) is 4.52. The summed E-state index contributed by atoms with van der Waals surface area (Å²) in [5.41, 5.74) is 9.72. The highest BCUT2D eigenvalue weighted by Crippen LogP contribution is 2.49. The zero-order valence-electron chi connectivity index (χ0n) is 16.8. The number of fused-ring (bicyclic) bond motifs is 1. The van der Waals surface area contributed by atoms with Crippen LogP contribution in [0.4, 0.5) is 5.69 Å². The van der Waals surface area contributed by atoms with Gasteiger partial charge in [0.15, 0.2) is 0 Å². The van der Waals surface area contributed by atoms with E-state index in [0.29, 0.717) is 12.3 Å². The molecule has 4 rings (SSSR count). The van der Waals surface area contributed by atoms with Gasteiger partial charge >= 0.3 is 0 Å². The van der Waals surface area contributed by atoms with Crippen molar-refractivity contribution in [2.45, 2.75) is 58.0 Å². The van der Waals surface area contributed by atoms with Gasteiger partial charge in [0, 0.05) is 12.1 Å². The molecule has 3 aromatic rings. The van der Waals surface area contributed by atoms with Gasteiger partial charge in [-0.1, -0.05) is 51.1 Å². The fraction of sp³-hybridized carbons (Fsp3) is 0.435. The molecule has 1 aliphatic heterocycles. The van der Waals surface area contributed by atoms with Gasteiger partial charge in [0.2, 0.25) is 0 Å². The highest BCUT2D eigenvalue weighted by Gasteiger charge is 2.52. The van der Waals surface area contributed by atoms with Gasteiger partial charge in [-0.3, -0.25) is 0 Å². The van der Waals surface area contributed by atoms with Crippen LogP contribution in [0, 0.1) is 5.92 Å². The fourth-order valence-electron chi connectivity index (χ4n) is 4.55. The van der Waals surface area contributed by atoms with Crippen molar-refractivity contribution in [2.75, 3.05) is 5.73 Å². The molecule has 1 fully saturated rings. The molecular formula is C23H29N3O2. The molecule has 2 aromatic heterocycles. The standard InChI is InChI=1S/C23H29N3O2/c1-4-23(5-2)16(3)21(27-15-17-9-7-6-8-10-17)22(28-23)20-12-11-19-18(24)13-14-25-26(19)20/h6-14,16,21-22H,4-5,15,24H2,1-3H3/t16-,21+,22-/m0/s1. The molecule has 0 bridgehead atoms. The Hall–Kier alpha value is -2.37. The van der Waals surface area contributed by atoms with Crippen molar-refractivity contribution in [1.29, 1.82) is 0 Å². The number of benzene rings is 1. The molecule has 0 unspecified atom stereocenters. The van der Waals surface area contributed by atoms with Crippen LogP contribution in [0.5, 0.6) is 0 Å². The van der Waals surface area contributed by atoms with Crippen LogP contribution in [0.3, 0.4) is 0 Å². The van der Waals surface area contributed by atoms with Gasteiger partial charge < -0.3 is 15.2 Å². The summed E-state index contributed by atoms with van der Waals surface area (Å²) in [4.78, 5) is 0. The Morgan fingerprint density at radius 3 is 2.57 bits per heavy atom. The van der Waals surface area contributed by atoms with Crippen LogP contribution in [0.2, 0.25) is 0 Å². The molecule has 0 spiro atoms. The minimum atomic E-state index is -0.198. The summed E-state index contributed by atoms with van der Waals surface area (Å²) in [6.45, 7) is 7.21. The molecule has 0 saturated carbocycles. The van der Waals surface area contributed by atoms with Crippen LogP contribution < -0.4 is 5.73 Å². The topological polar surface area (TPSA) is 61.8 Å². The molecule has 1 aliphatic rings. The normalized spacial score (nSPS) is 24.0. The first-order valence-electron chi connectivity index (χ1n) is 10.1. The average Bonchev–Trinajstić information content (AvgIpc) is 3.27. The van der Waals surface area contributed by atoms with Gasteiger partial charge in [-0.05, 0) is 36.6 Å². The van der Waals surface area contributed by atoms with Gasteiger partial charge in [-0.2, -0.15) is 5.10 Å². The molecule has 0 radical (unpaired) electrons. The molecule has 3 heterocycles. The maximum absolute atomic E-state index is 6.73. The first-order chi connectivity index (χ1) is 13.6. The third-order valence-corrected chi connectivity index (χ3v) is 6.37.